The summed E-state index contributed by atoms with van der Waals surface area (Å²) in [5.41, 5.74) is 0.906. The number of nitrogens with one attached hydrogen (secondary N) is 3. The Morgan fingerprint density at radius 1 is 1.12 bits per heavy atom. The van der Waals surface area contributed by atoms with Gasteiger partial charge in [-0.3, -0.25) is 19.9 Å². The van der Waals surface area contributed by atoms with Crippen molar-refractivity contribution in [2.75, 3.05) is 18.4 Å². The molecule has 0 saturated carbocycles. The number of carbonyl (C=O) groups excluding carboxylic acids is 1. The maximum atomic E-state index is 11.7. The largest absolute Gasteiger partial charge is 0.308 e. The van der Waals surface area contributed by atoms with Crippen molar-refractivity contribution in [1.82, 2.24) is 35.5 Å². The zero-order chi connectivity index (χ0) is 16.6. The third-order valence-electron chi connectivity index (χ3n) is 3.13. The van der Waals surface area contributed by atoms with Crippen LogP contribution in [0.25, 0.3) is 11.4 Å². The van der Waals surface area contributed by atoms with Crippen LogP contribution in [0.2, 0.25) is 0 Å². The minimum atomic E-state index is -0.175. The highest BCUT2D eigenvalue weighted by atomic mass is 16.1. The number of nitrogens with zero attached hydrogens (tertiary/aromatic N) is 5. The van der Waals surface area contributed by atoms with Gasteiger partial charge in [0.25, 0.3) is 0 Å². The number of aromatic amines is 1. The van der Waals surface area contributed by atoms with Crippen LogP contribution in [0.15, 0.2) is 43.1 Å². The molecule has 3 N–H and O–H groups in total. The second-order valence-electron chi connectivity index (χ2n) is 4.91. The van der Waals surface area contributed by atoms with Crippen LogP contribution in [0.1, 0.15) is 5.82 Å². The van der Waals surface area contributed by atoms with Crippen molar-refractivity contribution in [3.8, 4) is 11.4 Å². The van der Waals surface area contributed by atoms with E-state index in [4.69, 9.17) is 0 Å². The predicted molar refractivity (Wildman–Crippen MR) is 86.8 cm³/mol. The van der Waals surface area contributed by atoms with Gasteiger partial charge in [-0.1, -0.05) is 0 Å². The normalized spacial score (nSPS) is 10.5. The first-order valence-electron chi connectivity index (χ1n) is 7.39. The van der Waals surface area contributed by atoms with Crippen molar-refractivity contribution in [2.24, 2.45) is 0 Å². The van der Waals surface area contributed by atoms with Crippen LogP contribution in [0.3, 0.4) is 0 Å². The maximum absolute atomic E-state index is 11.7. The number of hydrogen-bond acceptors (Lipinski definition) is 7. The fraction of sp³-hybridized carbons (Fsp3) is 0.200. The molecule has 0 aliphatic rings. The van der Waals surface area contributed by atoms with Crippen molar-refractivity contribution >= 4 is 11.7 Å². The molecule has 0 radical (unpaired) electrons. The summed E-state index contributed by atoms with van der Waals surface area (Å²) >= 11 is 0. The number of hydrogen-bond donors (Lipinski definition) is 3. The monoisotopic (exact) mass is 324 g/mol. The fourth-order valence-electron chi connectivity index (χ4n) is 2.00. The van der Waals surface area contributed by atoms with Gasteiger partial charge in [-0.2, -0.15) is 5.10 Å². The van der Waals surface area contributed by atoms with E-state index < -0.39 is 0 Å². The minimum absolute atomic E-state index is 0.175. The smallest absolute Gasteiger partial charge is 0.239 e. The molecule has 3 aromatic heterocycles. The SMILES string of the molecule is O=C(CNCCc1nc(-c2ccncc2)n[nH]1)Nc1cnccn1. The molecule has 3 aromatic rings. The van der Waals surface area contributed by atoms with Crippen LogP contribution in [-0.4, -0.2) is 49.1 Å². The van der Waals surface area contributed by atoms with Crippen LogP contribution >= 0.6 is 0 Å². The van der Waals surface area contributed by atoms with Crippen molar-refractivity contribution in [3.05, 3.63) is 48.9 Å². The zero-order valence-corrected chi connectivity index (χ0v) is 12.8. The number of rotatable bonds is 7. The molecule has 0 fully saturated rings. The lowest BCUT2D eigenvalue weighted by molar-refractivity contribution is -0.115. The van der Waals surface area contributed by atoms with Gasteiger partial charge in [-0.15, -0.1) is 0 Å². The first-order chi connectivity index (χ1) is 11.8. The van der Waals surface area contributed by atoms with Gasteiger partial charge in [-0.25, -0.2) is 9.97 Å². The molecule has 0 bridgehead atoms. The summed E-state index contributed by atoms with van der Waals surface area (Å²) in [7, 11) is 0. The Labute approximate surface area is 138 Å². The zero-order valence-electron chi connectivity index (χ0n) is 12.8. The van der Waals surface area contributed by atoms with Gasteiger partial charge in [0, 0.05) is 43.3 Å². The molecular weight excluding hydrogens is 308 g/mol. The molecule has 0 atom stereocenters. The summed E-state index contributed by atoms with van der Waals surface area (Å²) in [6.45, 7) is 0.779. The van der Waals surface area contributed by atoms with Crippen LogP contribution in [-0.2, 0) is 11.2 Å². The Morgan fingerprint density at radius 2 is 2.00 bits per heavy atom. The molecule has 0 aliphatic carbocycles. The molecule has 1 amide bonds. The van der Waals surface area contributed by atoms with Crippen molar-refractivity contribution in [2.45, 2.75) is 6.42 Å². The molecule has 0 aliphatic heterocycles. The van der Waals surface area contributed by atoms with E-state index in [1.165, 1.54) is 12.4 Å². The number of amides is 1. The van der Waals surface area contributed by atoms with Gasteiger partial charge >= 0.3 is 0 Å². The van der Waals surface area contributed by atoms with E-state index in [1.807, 2.05) is 12.1 Å². The third-order valence-corrected chi connectivity index (χ3v) is 3.13. The van der Waals surface area contributed by atoms with Gasteiger partial charge in [0.1, 0.15) is 5.82 Å². The number of anilines is 1. The highest BCUT2D eigenvalue weighted by molar-refractivity contribution is 5.91. The fourth-order valence-corrected chi connectivity index (χ4v) is 2.00. The standard InChI is InChI=1S/C15H16N8O/c24-14(20-13-9-18-7-8-19-13)10-17-6-3-12-21-15(23-22-12)11-1-4-16-5-2-11/h1-2,4-5,7-9,17H,3,6,10H2,(H,19,20,24)(H,21,22,23). The van der Waals surface area contributed by atoms with E-state index in [9.17, 15) is 4.79 Å². The molecule has 24 heavy (non-hydrogen) atoms. The van der Waals surface area contributed by atoms with E-state index in [1.54, 1.807) is 18.6 Å². The highest BCUT2D eigenvalue weighted by Gasteiger charge is 2.06. The molecule has 0 spiro atoms. The molecule has 0 saturated heterocycles. The van der Waals surface area contributed by atoms with E-state index >= 15 is 0 Å². The van der Waals surface area contributed by atoms with Crippen LogP contribution in [0, 0.1) is 0 Å². The Kier molecular flexibility index (Phi) is 5.15. The van der Waals surface area contributed by atoms with Crippen LogP contribution < -0.4 is 10.6 Å². The van der Waals surface area contributed by atoms with Crippen molar-refractivity contribution < 1.29 is 4.79 Å². The third kappa shape index (κ3) is 4.40. The Morgan fingerprint density at radius 3 is 2.79 bits per heavy atom. The lowest BCUT2D eigenvalue weighted by Gasteiger charge is -2.04. The molecule has 0 unspecified atom stereocenters. The number of aromatic nitrogens is 6. The Bertz CT molecular complexity index is 774. The number of pyridine rings is 1. The quantitative estimate of drug-likeness (QED) is 0.539. The summed E-state index contributed by atoms with van der Waals surface area (Å²) in [4.78, 5) is 28.0. The molecule has 3 heterocycles. The average Bonchev–Trinajstić information content (AvgIpc) is 3.09. The Balaban J connectivity index is 1.41. The van der Waals surface area contributed by atoms with Gasteiger partial charge in [-0.05, 0) is 12.1 Å². The topological polar surface area (TPSA) is 121 Å². The summed E-state index contributed by atoms with van der Waals surface area (Å²) in [6.07, 6.45) is 8.59. The first kappa shape index (κ1) is 15.7. The van der Waals surface area contributed by atoms with Gasteiger partial charge in [0.2, 0.25) is 5.91 Å². The molecule has 0 aromatic carbocycles. The second kappa shape index (κ2) is 7.88. The van der Waals surface area contributed by atoms with Gasteiger partial charge in [0.15, 0.2) is 11.6 Å². The van der Waals surface area contributed by atoms with Crippen LogP contribution in [0.5, 0.6) is 0 Å². The van der Waals surface area contributed by atoms with Crippen LogP contribution in [0.4, 0.5) is 5.82 Å². The Hall–Kier alpha value is -3.20. The van der Waals surface area contributed by atoms with Gasteiger partial charge < -0.3 is 10.6 Å². The lowest BCUT2D eigenvalue weighted by Crippen LogP contribution is -2.29. The molecule has 9 heteroatoms. The molecule has 122 valence electrons. The van der Waals surface area contributed by atoms with E-state index in [-0.39, 0.29) is 12.5 Å². The number of H-pyrrole nitrogens is 1. The average molecular weight is 324 g/mol. The maximum Gasteiger partial charge on any atom is 0.239 e. The minimum Gasteiger partial charge on any atom is -0.308 e. The highest BCUT2D eigenvalue weighted by Crippen LogP contribution is 2.12. The second-order valence-corrected chi connectivity index (χ2v) is 4.91. The number of carbonyl (C=O) groups is 1. The van der Waals surface area contributed by atoms with E-state index in [0.29, 0.717) is 24.6 Å². The summed E-state index contributed by atoms with van der Waals surface area (Å²) in [5.74, 6) is 1.64. The first-order valence-corrected chi connectivity index (χ1v) is 7.39. The summed E-state index contributed by atoms with van der Waals surface area (Å²) in [5, 5.41) is 12.8. The molecule has 3 rings (SSSR count). The molecule has 9 nitrogen and oxygen atoms in total. The molecular formula is C15H16N8O. The van der Waals surface area contributed by atoms with E-state index in [0.717, 1.165) is 11.4 Å². The van der Waals surface area contributed by atoms with Crippen molar-refractivity contribution in [3.63, 3.8) is 0 Å². The van der Waals surface area contributed by atoms with Crippen molar-refractivity contribution in [1.29, 1.82) is 0 Å². The predicted octanol–water partition coefficient (Wildman–Crippen LogP) is 0.427. The summed E-state index contributed by atoms with van der Waals surface area (Å²) in [6, 6.07) is 3.70. The summed E-state index contributed by atoms with van der Waals surface area (Å²) < 4.78 is 0. The van der Waals surface area contributed by atoms with Gasteiger partial charge in [0.05, 0.1) is 12.7 Å². The lowest BCUT2D eigenvalue weighted by atomic mass is 10.2. The van der Waals surface area contributed by atoms with E-state index in [2.05, 4.69) is 40.8 Å².